The van der Waals surface area contributed by atoms with Gasteiger partial charge in [0.05, 0.1) is 20.8 Å². The zero-order valence-corrected chi connectivity index (χ0v) is 20.6. The molecule has 2 aromatic carbocycles. The number of fused-ring (bicyclic) bond motifs is 2. The molecule has 2 heterocycles. The summed E-state index contributed by atoms with van der Waals surface area (Å²) >= 11 is 3.52. The van der Waals surface area contributed by atoms with Crippen molar-refractivity contribution in [2.24, 2.45) is 0 Å². The quantitative estimate of drug-likeness (QED) is 0.243. The molecule has 1 aromatic heterocycles. The molecule has 0 unspecified atom stereocenters. The molecule has 3 aromatic rings. The maximum Gasteiger partial charge on any atom is 0.263 e. The molecule has 1 aliphatic heterocycles. The van der Waals surface area contributed by atoms with E-state index in [0.717, 1.165) is 22.6 Å². The predicted molar refractivity (Wildman–Crippen MR) is 133 cm³/mol. The molecule has 0 fully saturated rings. The Morgan fingerprint density at radius 3 is 2.66 bits per heavy atom. The minimum Gasteiger partial charge on any atom is -0.748 e. The molecule has 0 bridgehead atoms. The van der Waals surface area contributed by atoms with Crippen LogP contribution in [0.4, 0.5) is 5.69 Å². The minimum atomic E-state index is -4.16. The van der Waals surface area contributed by atoms with E-state index in [2.05, 4.69) is 71.9 Å². The number of allylic oxidation sites excluding steroid dienone is 2. The molecule has 1 aliphatic rings. The number of aromatic nitrogens is 1. The third kappa shape index (κ3) is 5.26. The molecule has 0 atom stereocenters. The molecule has 8 heteroatoms. The third-order valence-electron chi connectivity index (χ3n) is 5.32. The van der Waals surface area contributed by atoms with E-state index in [1.54, 1.807) is 23.1 Å². The molecular weight excluding hydrogens is 460 g/mol. The van der Waals surface area contributed by atoms with Gasteiger partial charge in [0, 0.05) is 35.8 Å². The normalized spacial score (nSPS) is 15.7. The van der Waals surface area contributed by atoms with Crippen molar-refractivity contribution in [3.05, 3.63) is 70.2 Å². The Kier molecular flexibility index (Phi) is 7.05. The van der Waals surface area contributed by atoms with Gasteiger partial charge in [-0.15, -0.1) is 0 Å². The lowest BCUT2D eigenvalue weighted by Gasteiger charge is -2.17. The van der Waals surface area contributed by atoms with Crippen LogP contribution in [0, 0.1) is 0 Å². The maximum atomic E-state index is 10.9. The fourth-order valence-corrected chi connectivity index (χ4v) is 6.85. The summed E-state index contributed by atoms with van der Waals surface area (Å²) in [5.74, 6) is -0.309. The number of rotatable bonds is 8. The van der Waals surface area contributed by atoms with Crippen molar-refractivity contribution in [1.29, 1.82) is 0 Å². The summed E-state index contributed by atoms with van der Waals surface area (Å²) in [5, 5.41) is 2.34. The Morgan fingerprint density at radius 1 is 1.12 bits per heavy atom. The molecule has 0 N–H and O–H groups in total. The van der Waals surface area contributed by atoms with Gasteiger partial charge in [0.1, 0.15) is 4.70 Å². The number of anilines is 1. The van der Waals surface area contributed by atoms with Crippen LogP contribution in [0.25, 0.3) is 16.3 Å². The zero-order chi connectivity index (χ0) is 22.7. The molecule has 0 saturated carbocycles. The minimum absolute atomic E-state index is 0.309. The van der Waals surface area contributed by atoms with Gasteiger partial charge >= 0.3 is 0 Å². The van der Waals surface area contributed by atoms with E-state index in [0.29, 0.717) is 19.4 Å². The van der Waals surface area contributed by atoms with E-state index in [1.807, 2.05) is 12.1 Å². The lowest BCUT2D eigenvalue weighted by atomic mass is 10.2. The second-order valence-corrected chi connectivity index (χ2v) is 11.4. The molecule has 0 aliphatic carbocycles. The zero-order valence-electron chi connectivity index (χ0n) is 18.2. The first-order valence-electron chi connectivity index (χ1n) is 10.6. The smallest absolute Gasteiger partial charge is 0.263 e. The number of thiazole rings is 1. The third-order valence-corrected chi connectivity index (χ3v) is 8.33. The summed E-state index contributed by atoms with van der Waals surface area (Å²) < 4.78 is 36.2. The highest BCUT2D eigenvalue weighted by molar-refractivity contribution is 8.03. The van der Waals surface area contributed by atoms with Gasteiger partial charge in [0.15, 0.2) is 6.54 Å². The molecule has 5 nitrogen and oxygen atoms in total. The van der Waals surface area contributed by atoms with Crippen LogP contribution in [-0.4, -0.2) is 25.3 Å². The van der Waals surface area contributed by atoms with Crippen molar-refractivity contribution in [2.75, 3.05) is 17.2 Å². The van der Waals surface area contributed by atoms with Gasteiger partial charge < -0.3 is 9.45 Å². The van der Waals surface area contributed by atoms with E-state index in [1.165, 1.54) is 20.3 Å². The van der Waals surface area contributed by atoms with Crippen LogP contribution in [0.3, 0.4) is 0 Å². The van der Waals surface area contributed by atoms with Crippen molar-refractivity contribution in [2.45, 2.75) is 38.1 Å². The maximum absolute atomic E-state index is 10.9. The largest absolute Gasteiger partial charge is 0.748 e. The summed E-state index contributed by atoms with van der Waals surface area (Å²) in [6.07, 6.45) is 5.43. The van der Waals surface area contributed by atoms with Gasteiger partial charge in [0.25, 0.3) is 5.01 Å². The van der Waals surface area contributed by atoms with Gasteiger partial charge in [-0.3, -0.25) is 0 Å². The van der Waals surface area contributed by atoms with Crippen LogP contribution >= 0.6 is 23.1 Å². The average molecular weight is 487 g/mol. The molecule has 4 rings (SSSR count). The fraction of sp³-hybridized carbons (Fsp3) is 0.292. The fourth-order valence-electron chi connectivity index (χ4n) is 3.86. The number of thioether (sulfide) groups is 1. The van der Waals surface area contributed by atoms with Crippen LogP contribution in [0.1, 0.15) is 31.7 Å². The van der Waals surface area contributed by atoms with Crippen LogP contribution in [0.5, 0.6) is 0 Å². The molecule has 0 radical (unpaired) electrons. The lowest BCUT2D eigenvalue weighted by Crippen LogP contribution is -2.35. The first-order valence-corrected chi connectivity index (χ1v) is 13.9. The second-order valence-electron chi connectivity index (χ2n) is 7.71. The van der Waals surface area contributed by atoms with Gasteiger partial charge in [-0.05, 0) is 50.1 Å². The van der Waals surface area contributed by atoms with E-state index in [4.69, 9.17) is 0 Å². The predicted octanol–water partition coefficient (Wildman–Crippen LogP) is 5.39. The van der Waals surface area contributed by atoms with Crippen LogP contribution in [-0.2, 0) is 16.7 Å². The number of para-hydroxylation sites is 2. The Hall–Kier alpha value is -2.13. The van der Waals surface area contributed by atoms with E-state index in [9.17, 15) is 13.0 Å². The first kappa shape index (κ1) is 23.0. The Bertz CT molecular complexity index is 1290. The summed E-state index contributed by atoms with van der Waals surface area (Å²) in [6, 6.07) is 16.7. The summed E-state index contributed by atoms with van der Waals surface area (Å²) in [5.41, 5.74) is 3.54. The number of nitrogens with zero attached hydrogens (tertiary/aromatic N) is 2. The molecule has 168 valence electrons. The van der Waals surface area contributed by atoms with Crippen molar-refractivity contribution in [3.8, 4) is 0 Å². The molecule has 32 heavy (non-hydrogen) atoms. The highest BCUT2D eigenvalue weighted by Crippen LogP contribution is 2.45. The van der Waals surface area contributed by atoms with Crippen molar-refractivity contribution in [3.63, 3.8) is 0 Å². The van der Waals surface area contributed by atoms with Gasteiger partial charge in [-0.1, -0.05) is 47.4 Å². The van der Waals surface area contributed by atoms with Crippen LogP contribution < -0.4 is 9.47 Å². The standard InChI is InChI=1S/C24H26N2O3S3/c1-3-25-19-10-4-6-12-21(19)30-23(25)16-18(2)17-24-26(14-8-9-15-32(27,28)29)20-11-5-7-13-22(20)31-24/h4-7,10-13,16-17H,3,8-9,14-15H2,1-2H3. The average Bonchev–Trinajstić information content (AvgIpc) is 3.27. The number of aryl methyl sites for hydroxylation is 1. The topological polar surface area (TPSA) is 64.3 Å². The highest BCUT2D eigenvalue weighted by atomic mass is 32.2. The van der Waals surface area contributed by atoms with Crippen LogP contribution in [0.15, 0.2) is 70.1 Å². The summed E-state index contributed by atoms with van der Waals surface area (Å²) in [7, 11) is -4.16. The Labute approximate surface area is 197 Å². The molecule has 0 spiro atoms. The summed E-state index contributed by atoms with van der Waals surface area (Å²) in [6.45, 7) is 5.87. The first-order chi connectivity index (χ1) is 15.4. The van der Waals surface area contributed by atoms with E-state index in [-0.39, 0.29) is 5.75 Å². The van der Waals surface area contributed by atoms with Crippen molar-refractivity contribution >= 4 is 55.2 Å². The van der Waals surface area contributed by atoms with Gasteiger partial charge in [-0.2, -0.15) is 4.57 Å². The van der Waals surface area contributed by atoms with Crippen molar-refractivity contribution in [1.82, 2.24) is 0 Å². The lowest BCUT2D eigenvalue weighted by molar-refractivity contribution is -0.669. The SMILES string of the molecule is CCN1C(=CC(C)=Cc2sc3ccccc3[n+]2CCCCS(=O)(=O)[O-])Sc2ccccc21. The van der Waals surface area contributed by atoms with Gasteiger partial charge in [0.2, 0.25) is 5.52 Å². The van der Waals surface area contributed by atoms with Gasteiger partial charge in [-0.25, -0.2) is 8.42 Å². The molecular formula is C24H26N2O3S3. The van der Waals surface area contributed by atoms with Crippen LogP contribution in [0.2, 0.25) is 0 Å². The van der Waals surface area contributed by atoms with E-state index < -0.39 is 10.1 Å². The Morgan fingerprint density at radius 2 is 1.88 bits per heavy atom. The molecule has 0 saturated heterocycles. The number of benzene rings is 2. The number of unbranched alkanes of at least 4 members (excludes halogenated alkanes) is 1. The van der Waals surface area contributed by atoms with Crippen molar-refractivity contribution < 1.29 is 17.5 Å². The number of hydrogen-bond donors (Lipinski definition) is 0. The second kappa shape index (κ2) is 9.79. The van der Waals surface area contributed by atoms with E-state index >= 15 is 0 Å². The molecule has 0 amide bonds. The number of hydrogen-bond acceptors (Lipinski definition) is 6. The monoisotopic (exact) mass is 486 g/mol. The Balaban J connectivity index is 1.61. The summed E-state index contributed by atoms with van der Waals surface area (Å²) in [4.78, 5) is 3.61. The highest BCUT2D eigenvalue weighted by Gasteiger charge is 2.23.